The smallest absolute Gasteiger partial charge is 0.261 e. The molecule has 130 valence electrons. The van der Waals surface area contributed by atoms with Crippen molar-refractivity contribution in [3.63, 3.8) is 0 Å². The van der Waals surface area contributed by atoms with Crippen molar-refractivity contribution in [2.45, 2.75) is 12.8 Å². The van der Waals surface area contributed by atoms with E-state index in [4.69, 9.17) is 9.47 Å². The van der Waals surface area contributed by atoms with Crippen molar-refractivity contribution >= 4 is 11.6 Å². The normalized spacial score (nSPS) is 15.8. The van der Waals surface area contributed by atoms with Crippen LogP contribution in [0.2, 0.25) is 0 Å². The Labute approximate surface area is 151 Å². The Hall–Kier alpha value is -3.25. The number of hydrogen-bond acceptors (Lipinski definition) is 5. The zero-order chi connectivity index (χ0) is 17.9. The van der Waals surface area contributed by atoms with Gasteiger partial charge in [0.25, 0.3) is 5.91 Å². The maximum atomic E-state index is 12.9. The number of aromatic nitrogens is 2. The average Bonchev–Trinajstić information content (AvgIpc) is 2.99. The summed E-state index contributed by atoms with van der Waals surface area (Å²) in [5.74, 6) is 0.605. The lowest BCUT2D eigenvalue weighted by molar-refractivity contribution is 0.0393. The number of fused-ring (bicyclic) bond motifs is 1. The minimum absolute atomic E-state index is 0.0838. The molecule has 1 aliphatic rings. The minimum Gasteiger partial charge on any atom is -0.495 e. The number of amides is 1. The quantitative estimate of drug-likeness (QED) is 0.708. The molecule has 0 bridgehead atoms. The fourth-order valence-electron chi connectivity index (χ4n) is 2.99. The number of nitrogens with zero attached hydrogens (tertiary/aromatic N) is 3. The zero-order valence-electron chi connectivity index (χ0n) is 14.2. The van der Waals surface area contributed by atoms with Gasteiger partial charge in [0.1, 0.15) is 5.75 Å². The lowest BCUT2D eigenvalue weighted by atomic mass is 10.1. The summed E-state index contributed by atoms with van der Waals surface area (Å²) in [5.41, 5.74) is 3.01. The molecule has 0 spiro atoms. The number of carbonyl (C=O) groups excluding carboxylic acids is 1. The summed E-state index contributed by atoms with van der Waals surface area (Å²) < 4.78 is 11.2. The number of pyridine rings is 2. The van der Waals surface area contributed by atoms with Gasteiger partial charge in [-0.15, -0.1) is 0 Å². The van der Waals surface area contributed by atoms with Crippen LogP contribution in [0.5, 0.6) is 5.75 Å². The van der Waals surface area contributed by atoms with Crippen molar-refractivity contribution in [3.05, 3.63) is 83.9 Å². The van der Waals surface area contributed by atoms with Gasteiger partial charge in [-0.3, -0.25) is 19.7 Å². The molecule has 1 unspecified atom stereocenters. The first kappa shape index (κ1) is 16.2. The Kier molecular flexibility index (Phi) is 4.33. The van der Waals surface area contributed by atoms with Crippen LogP contribution in [0.15, 0.2) is 67.1 Å². The fraction of sp³-hybridized carbons (Fsp3) is 0.150. The number of rotatable bonds is 5. The van der Waals surface area contributed by atoms with Crippen LogP contribution < -0.4 is 9.64 Å². The van der Waals surface area contributed by atoms with E-state index in [2.05, 4.69) is 9.97 Å². The average molecular weight is 347 g/mol. The monoisotopic (exact) mass is 347 g/mol. The molecule has 3 heterocycles. The van der Waals surface area contributed by atoms with Crippen molar-refractivity contribution in [2.75, 3.05) is 12.0 Å². The van der Waals surface area contributed by atoms with E-state index < -0.39 is 6.23 Å². The second kappa shape index (κ2) is 6.93. The molecule has 1 aliphatic heterocycles. The predicted octanol–water partition coefficient (Wildman–Crippen LogP) is 3.36. The van der Waals surface area contributed by atoms with Gasteiger partial charge in [-0.05, 0) is 30.3 Å². The van der Waals surface area contributed by atoms with Crippen LogP contribution >= 0.6 is 0 Å². The SMILES string of the molecule is COc1ccc(COC2c3ccccc3C(=O)N2c2ccncc2)nc1. The van der Waals surface area contributed by atoms with Gasteiger partial charge in [0.05, 0.1) is 31.3 Å². The van der Waals surface area contributed by atoms with E-state index in [-0.39, 0.29) is 12.5 Å². The van der Waals surface area contributed by atoms with E-state index in [9.17, 15) is 4.79 Å². The first-order chi connectivity index (χ1) is 12.8. The molecule has 0 aliphatic carbocycles. The van der Waals surface area contributed by atoms with E-state index in [1.165, 1.54) is 0 Å². The molecule has 3 aromatic rings. The standard InChI is InChI=1S/C20H17N3O3/c1-25-16-7-6-14(22-12-16)13-26-20-18-5-3-2-4-17(18)19(24)23(20)15-8-10-21-11-9-15/h2-12,20H,13H2,1H3. The van der Waals surface area contributed by atoms with Crippen LogP contribution in [0.25, 0.3) is 0 Å². The highest BCUT2D eigenvalue weighted by atomic mass is 16.5. The molecule has 4 rings (SSSR count). The molecule has 6 heteroatoms. The Balaban J connectivity index is 1.63. The Bertz CT molecular complexity index is 913. The van der Waals surface area contributed by atoms with E-state index in [0.717, 1.165) is 16.9 Å². The topological polar surface area (TPSA) is 64.6 Å². The number of carbonyl (C=O) groups is 1. The lowest BCUT2D eigenvalue weighted by Crippen LogP contribution is -2.29. The molecule has 2 aromatic heterocycles. The largest absolute Gasteiger partial charge is 0.495 e. The second-order valence-corrected chi connectivity index (χ2v) is 5.82. The van der Waals surface area contributed by atoms with Gasteiger partial charge < -0.3 is 9.47 Å². The van der Waals surface area contributed by atoms with Gasteiger partial charge in [-0.25, -0.2) is 0 Å². The van der Waals surface area contributed by atoms with Crippen molar-refractivity contribution in [3.8, 4) is 5.75 Å². The summed E-state index contributed by atoms with van der Waals surface area (Å²) in [6.45, 7) is 0.276. The number of ether oxygens (including phenoxy) is 2. The van der Waals surface area contributed by atoms with Crippen LogP contribution in [0, 0.1) is 0 Å². The molecule has 0 N–H and O–H groups in total. The van der Waals surface area contributed by atoms with Crippen molar-refractivity contribution in [2.24, 2.45) is 0 Å². The maximum absolute atomic E-state index is 12.9. The van der Waals surface area contributed by atoms with Gasteiger partial charge >= 0.3 is 0 Å². The molecule has 1 amide bonds. The summed E-state index contributed by atoms with van der Waals surface area (Å²) in [5, 5.41) is 0. The molecule has 26 heavy (non-hydrogen) atoms. The van der Waals surface area contributed by atoms with Gasteiger partial charge in [0.15, 0.2) is 6.23 Å². The highest BCUT2D eigenvalue weighted by Crippen LogP contribution is 2.38. The van der Waals surface area contributed by atoms with E-state index in [1.54, 1.807) is 42.7 Å². The van der Waals surface area contributed by atoms with Crippen LogP contribution in [0.3, 0.4) is 0 Å². The zero-order valence-corrected chi connectivity index (χ0v) is 14.2. The lowest BCUT2D eigenvalue weighted by Gasteiger charge is -2.25. The number of methoxy groups -OCH3 is 1. The predicted molar refractivity (Wildman–Crippen MR) is 95.8 cm³/mol. The summed E-state index contributed by atoms with van der Waals surface area (Å²) in [7, 11) is 1.60. The Morgan fingerprint density at radius 1 is 1.08 bits per heavy atom. The molecule has 0 fully saturated rings. The van der Waals surface area contributed by atoms with E-state index in [1.807, 2.05) is 36.4 Å². The molecule has 0 radical (unpaired) electrons. The highest BCUT2D eigenvalue weighted by molar-refractivity contribution is 6.10. The molecular formula is C20H17N3O3. The van der Waals surface area contributed by atoms with Gasteiger partial charge in [-0.1, -0.05) is 18.2 Å². The highest BCUT2D eigenvalue weighted by Gasteiger charge is 2.38. The third kappa shape index (κ3) is 2.91. The van der Waals surface area contributed by atoms with Crippen LogP contribution in [-0.4, -0.2) is 23.0 Å². The van der Waals surface area contributed by atoms with Gasteiger partial charge in [0.2, 0.25) is 0 Å². The van der Waals surface area contributed by atoms with Crippen molar-refractivity contribution in [1.29, 1.82) is 0 Å². The van der Waals surface area contributed by atoms with Crippen molar-refractivity contribution < 1.29 is 14.3 Å². The molecular weight excluding hydrogens is 330 g/mol. The van der Waals surface area contributed by atoms with Crippen LogP contribution in [0.1, 0.15) is 27.8 Å². The van der Waals surface area contributed by atoms with Crippen LogP contribution in [-0.2, 0) is 11.3 Å². The first-order valence-electron chi connectivity index (χ1n) is 8.21. The Morgan fingerprint density at radius 2 is 1.88 bits per heavy atom. The summed E-state index contributed by atoms with van der Waals surface area (Å²) in [6.07, 6.45) is 4.46. The first-order valence-corrected chi connectivity index (χ1v) is 8.21. The fourth-order valence-corrected chi connectivity index (χ4v) is 2.99. The van der Waals surface area contributed by atoms with Gasteiger partial charge in [0, 0.05) is 23.5 Å². The molecule has 0 saturated heterocycles. The van der Waals surface area contributed by atoms with E-state index in [0.29, 0.717) is 11.3 Å². The summed E-state index contributed by atoms with van der Waals surface area (Å²) in [4.78, 5) is 22.9. The number of hydrogen-bond donors (Lipinski definition) is 0. The Morgan fingerprint density at radius 3 is 2.62 bits per heavy atom. The summed E-state index contributed by atoms with van der Waals surface area (Å²) in [6, 6.07) is 14.8. The third-order valence-corrected chi connectivity index (χ3v) is 4.27. The second-order valence-electron chi connectivity index (χ2n) is 5.82. The summed E-state index contributed by atoms with van der Waals surface area (Å²) >= 11 is 0. The maximum Gasteiger partial charge on any atom is 0.261 e. The molecule has 0 saturated carbocycles. The van der Waals surface area contributed by atoms with Gasteiger partial charge in [-0.2, -0.15) is 0 Å². The number of benzene rings is 1. The van der Waals surface area contributed by atoms with Crippen LogP contribution in [0.4, 0.5) is 5.69 Å². The third-order valence-electron chi connectivity index (χ3n) is 4.27. The van der Waals surface area contributed by atoms with E-state index >= 15 is 0 Å². The number of anilines is 1. The van der Waals surface area contributed by atoms with Crippen molar-refractivity contribution in [1.82, 2.24) is 9.97 Å². The molecule has 6 nitrogen and oxygen atoms in total. The molecule has 1 atom stereocenters. The molecule has 1 aromatic carbocycles. The minimum atomic E-state index is -0.509.